The number of allylic oxidation sites excluding steroid dienone is 3. The maximum Gasteiger partial charge on any atom is 0.305 e. The van der Waals surface area contributed by atoms with Gasteiger partial charge in [0.15, 0.2) is 5.78 Å². The summed E-state index contributed by atoms with van der Waals surface area (Å²) in [5, 5.41) is 9.23. The molecule has 0 aromatic rings. The van der Waals surface area contributed by atoms with Crippen molar-refractivity contribution in [2.24, 2.45) is 0 Å². The molecule has 0 bridgehead atoms. The molecule has 17 heavy (non-hydrogen) atoms. The van der Waals surface area contributed by atoms with Gasteiger partial charge in [0.2, 0.25) is 0 Å². The molecule has 0 heterocycles. The molecule has 94 valence electrons. The van der Waals surface area contributed by atoms with Crippen LogP contribution in [0, 0.1) is 0 Å². The minimum absolute atomic E-state index is 0.0247. The maximum atomic E-state index is 11.3. The highest BCUT2D eigenvalue weighted by Gasteiger charge is 2.20. The molecule has 0 saturated carbocycles. The molecule has 0 fully saturated rings. The number of carbonyl (C=O) groups excluding carboxylic acids is 2. The number of carbonyl (C=O) groups is 2. The van der Waals surface area contributed by atoms with Gasteiger partial charge in [-0.25, -0.2) is 0 Å². The number of hydrogen-bond donors (Lipinski definition) is 1. The van der Waals surface area contributed by atoms with Gasteiger partial charge in [-0.2, -0.15) is 0 Å². The third-order valence-electron chi connectivity index (χ3n) is 2.63. The maximum absolute atomic E-state index is 11.3. The van der Waals surface area contributed by atoms with Crippen molar-refractivity contribution in [3.05, 3.63) is 23.8 Å². The van der Waals surface area contributed by atoms with E-state index >= 15 is 0 Å². The number of esters is 1. The highest BCUT2D eigenvalue weighted by atomic mass is 16.5. The van der Waals surface area contributed by atoms with E-state index in [4.69, 9.17) is 0 Å². The lowest BCUT2D eigenvalue weighted by atomic mass is 10.1. The van der Waals surface area contributed by atoms with E-state index in [0.717, 1.165) is 12.8 Å². The molecule has 0 spiro atoms. The van der Waals surface area contributed by atoms with Crippen molar-refractivity contribution in [3.63, 3.8) is 0 Å². The van der Waals surface area contributed by atoms with Gasteiger partial charge in [-0.05, 0) is 30.9 Å². The summed E-state index contributed by atoms with van der Waals surface area (Å²) in [6.45, 7) is 0. The molecular formula is C13H18O4. The molecule has 1 N–H and O–H groups in total. The fourth-order valence-corrected chi connectivity index (χ4v) is 1.68. The zero-order chi connectivity index (χ0) is 12.7. The number of unbranched alkanes of at least 4 members (excludes halogenated alkanes) is 1. The van der Waals surface area contributed by atoms with Crippen LogP contribution < -0.4 is 0 Å². The van der Waals surface area contributed by atoms with Gasteiger partial charge in [0.05, 0.1) is 13.2 Å². The first-order valence-electron chi connectivity index (χ1n) is 5.77. The molecule has 0 aromatic carbocycles. The second kappa shape index (κ2) is 7.01. The van der Waals surface area contributed by atoms with Crippen LogP contribution in [-0.4, -0.2) is 30.1 Å². The van der Waals surface area contributed by atoms with Gasteiger partial charge in [0, 0.05) is 12.8 Å². The molecule has 0 radical (unpaired) electrons. The Morgan fingerprint density at radius 2 is 2.35 bits per heavy atom. The first-order valence-corrected chi connectivity index (χ1v) is 5.77. The average Bonchev–Trinajstić information content (AvgIpc) is 2.62. The van der Waals surface area contributed by atoms with E-state index in [-0.39, 0.29) is 18.2 Å². The summed E-state index contributed by atoms with van der Waals surface area (Å²) in [5.74, 6) is -0.174. The monoisotopic (exact) mass is 238 g/mol. The van der Waals surface area contributed by atoms with Crippen LogP contribution in [0.25, 0.3) is 0 Å². The molecule has 4 heteroatoms. The van der Waals surface area contributed by atoms with Crippen LogP contribution in [0.2, 0.25) is 0 Å². The van der Waals surface area contributed by atoms with Crippen LogP contribution in [0.1, 0.15) is 32.1 Å². The van der Waals surface area contributed by atoms with Gasteiger partial charge in [0.25, 0.3) is 0 Å². The Morgan fingerprint density at radius 1 is 1.59 bits per heavy atom. The Bertz CT molecular complexity index is 341. The molecule has 0 aromatic heterocycles. The van der Waals surface area contributed by atoms with E-state index in [1.165, 1.54) is 7.11 Å². The van der Waals surface area contributed by atoms with E-state index in [0.29, 0.717) is 18.4 Å². The fraction of sp³-hybridized carbons (Fsp3) is 0.538. The topological polar surface area (TPSA) is 63.6 Å². The minimum Gasteiger partial charge on any atom is -0.469 e. The van der Waals surface area contributed by atoms with E-state index in [9.17, 15) is 14.7 Å². The number of hydrogen-bond acceptors (Lipinski definition) is 4. The van der Waals surface area contributed by atoms with Crippen molar-refractivity contribution < 1.29 is 19.4 Å². The van der Waals surface area contributed by atoms with Crippen LogP contribution in [0.4, 0.5) is 0 Å². The number of aliphatic hydroxyl groups is 1. The number of methoxy groups -OCH3 is 1. The van der Waals surface area contributed by atoms with E-state index in [1.807, 2.05) is 12.2 Å². The lowest BCUT2D eigenvalue weighted by Crippen LogP contribution is -2.00. The van der Waals surface area contributed by atoms with E-state index in [2.05, 4.69) is 4.74 Å². The molecule has 1 aliphatic rings. The van der Waals surface area contributed by atoms with Crippen molar-refractivity contribution in [1.82, 2.24) is 0 Å². The summed E-state index contributed by atoms with van der Waals surface area (Å²) < 4.78 is 4.52. The Morgan fingerprint density at radius 3 is 2.94 bits per heavy atom. The van der Waals surface area contributed by atoms with Crippen molar-refractivity contribution in [3.8, 4) is 0 Å². The third kappa shape index (κ3) is 4.95. The molecule has 1 unspecified atom stereocenters. The summed E-state index contributed by atoms with van der Waals surface area (Å²) in [5.41, 5.74) is 0.682. The predicted octanol–water partition coefficient (Wildman–Crippen LogP) is 1.54. The lowest BCUT2D eigenvalue weighted by Gasteiger charge is -1.96. The Balaban J connectivity index is 2.16. The number of ketones is 1. The van der Waals surface area contributed by atoms with Crippen LogP contribution in [0.3, 0.4) is 0 Å². The van der Waals surface area contributed by atoms with Crippen molar-refractivity contribution in [2.45, 2.75) is 38.2 Å². The highest BCUT2D eigenvalue weighted by Crippen LogP contribution is 2.18. The lowest BCUT2D eigenvalue weighted by molar-refractivity contribution is -0.140. The summed E-state index contributed by atoms with van der Waals surface area (Å²) in [7, 11) is 1.38. The van der Waals surface area contributed by atoms with Crippen molar-refractivity contribution >= 4 is 11.8 Å². The summed E-state index contributed by atoms with van der Waals surface area (Å²) in [4.78, 5) is 22.1. The molecule has 0 amide bonds. The summed E-state index contributed by atoms with van der Waals surface area (Å²) >= 11 is 0. The smallest absolute Gasteiger partial charge is 0.305 e. The zero-order valence-electron chi connectivity index (χ0n) is 10.0. The molecule has 1 atom stereocenters. The minimum atomic E-state index is -0.606. The average molecular weight is 238 g/mol. The Kier molecular flexibility index (Phi) is 5.63. The second-order valence-electron chi connectivity index (χ2n) is 4.03. The third-order valence-corrected chi connectivity index (χ3v) is 2.63. The SMILES string of the molecule is COC(=O)CCC/C=C/CC1=CC(O)CC1=O. The van der Waals surface area contributed by atoms with Gasteiger partial charge in [-0.1, -0.05) is 12.2 Å². The largest absolute Gasteiger partial charge is 0.469 e. The number of Topliss-reactive ketones (excluding diaryl/α,β-unsaturated/α-hetero) is 1. The Hall–Kier alpha value is -1.42. The van der Waals surface area contributed by atoms with Gasteiger partial charge in [0.1, 0.15) is 0 Å². The predicted molar refractivity (Wildman–Crippen MR) is 63.3 cm³/mol. The van der Waals surface area contributed by atoms with Gasteiger partial charge in [-0.3, -0.25) is 9.59 Å². The van der Waals surface area contributed by atoms with Gasteiger partial charge >= 0.3 is 5.97 Å². The normalized spacial score (nSPS) is 19.8. The van der Waals surface area contributed by atoms with Crippen molar-refractivity contribution in [2.75, 3.05) is 7.11 Å². The van der Waals surface area contributed by atoms with E-state index in [1.54, 1.807) is 6.08 Å². The summed E-state index contributed by atoms with van der Waals surface area (Å²) in [6.07, 6.45) is 7.59. The molecule has 0 saturated heterocycles. The van der Waals surface area contributed by atoms with Crippen molar-refractivity contribution in [1.29, 1.82) is 0 Å². The van der Waals surface area contributed by atoms with Crippen LogP contribution >= 0.6 is 0 Å². The first kappa shape index (κ1) is 13.6. The molecule has 1 aliphatic carbocycles. The number of ether oxygens (including phenoxy) is 1. The number of rotatable bonds is 6. The fourth-order valence-electron chi connectivity index (χ4n) is 1.68. The van der Waals surface area contributed by atoms with Gasteiger partial charge < -0.3 is 9.84 Å². The molecular weight excluding hydrogens is 220 g/mol. The van der Waals surface area contributed by atoms with Crippen LogP contribution in [-0.2, 0) is 14.3 Å². The second-order valence-corrected chi connectivity index (χ2v) is 4.03. The van der Waals surface area contributed by atoms with E-state index < -0.39 is 6.10 Å². The quantitative estimate of drug-likeness (QED) is 0.433. The molecule has 4 nitrogen and oxygen atoms in total. The van der Waals surface area contributed by atoms with Gasteiger partial charge in [-0.15, -0.1) is 0 Å². The van der Waals surface area contributed by atoms with Crippen LogP contribution in [0.15, 0.2) is 23.8 Å². The summed E-state index contributed by atoms with van der Waals surface area (Å²) in [6, 6.07) is 0. The molecule has 0 aliphatic heterocycles. The molecule has 1 rings (SSSR count). The zero-order valence-corrected chi connectivity index (χ0v) is 10.0. The van der Waals surface area contributed by atoms with Crippen LogP contribution in [0.5, 0.6) is 0 Å². The Labute approximate surface area is 101 Å². The standard InChI is InChI=1S/C13H18O4/c1-17-13(16)7-5-3-2-4-6-10-8-11(14)9-12(10)15/h2,4,8,11,14H,3,5-7,9H2,1H3/b4-2+. The highest BCUT2D eigenvalue weighted by molar-refractivity contribution is 5.98. The first-order chi connectivity index (χ1) is 8.13. The number of aliphatic hydroxyl groups excluding tert-OH is 1.